The Hall–Kier alpha value is -2.80. The largest absolute Gasteiger partial charge is 0.508 e. The SMILES string of the molecule is CC(N)Cc1c[nH]c2ccc(O)cc12.O=C(O)/C=C\C(=O)O. The van der Waals surface area contributed by atoms with Crippen molar-refractivity contribution in [3.8, 4) is 5.75 Å². The number of aromatic nitrogens is 1. The van der Waals surface area contributed by atoms with Gasteiger partial charge in [-0.1, -0.05) is 0 Å². The summed E-state index contributed by atoms with van der Waals surface area (Å²) in [4.78, 5) is 22.3. The molecule has 118 valence electrons. The van der Waals surface area contributed by atoms with Gasteiger partial charge in [-0.3, -0.25) is 0 Å². The maximum atomic E-state index is 9.55. The Morgan fingerprint density at radius 3 is 2.36 bits per heavy atom. The smallest absolute Gasteiger partial charge is 0.328 e. The molecule has 2 rings (SSSR count). The van der Waals surface area contributed by atoms with Crippen LogP contribution >= 0.6 is 0 Å². The molecule has 0 amide bonds. The van der Waals surface area contributed by atoms with Crippen molar-refractivity contribution in [3.05, 3.63) is 42.1 Å². The third kappa shape index (κ3) is 5.68. The van der Waals surface area contributed by atoms with Crippen LogP contribution in [0.5, 0.6) is 5.75 Å². The van der Waals surface area contributed by atoms with Gasteiger partial charge in [0.05, 0.1) is 0 Å². The van der Waals surface area contributed by atoms with E-state index in [4.69, 9.17) is 15.9 Å². The van der Waals surface area contributed by atoms with Crippen LogP contribution in [0, 0.1) is 0 Å². The molecule has 1 aromatic heterocycles. The van der Waals surface area contributed by atoms with Gasteiger partial charge in [0.15, 0.2) is 0 Å². The van der Waals surface area contributed by atoms with Crippen LogP contribution in [0.3, 0.4) is 0 Å². The van der Waals surface area contributed by atoms with E-state index in [2.05, 4.69) is 4.98 Å². The van der Waals surface area contributed by atoms with Crippen LogP contribution in [0.15, 0.2) is 36.5 Å². The lowest BCUT2D eigenvalue weighted by Gasteiger charge is -2.02. The topological polar surface area (TPSA) is 137 Å². The van der Waals surface area contributed by atoms with E-state index in [9.17, 15) is 14.7 Å². The summed E-state index contributed by atoms with van der Waals surface area (Å²) in [5.41, 5.74) is 7.93. The highest BCUT2D eigenvalue weighted by atomic mass is 16.4. The quantitative estimate of drug-likeness (QED) is 0.543. The predicted molar refractivity (Wildman–Crippen MR) is 81.7 cm³/mol. The van der Waals surface area contributed by atoms with Gasteiger partial charge in [0.2, 0.25) is 0 Å². The number of aliphatic carboxylic acids is 2. The van der Waals surface area contributed by atoms with E-state index < -0.39 is 11.9 Å². The van der Waals surface area contributed by atoms with E-state index in [1.54, 1.807) is 12.1 Å². The summed E-state index contributed by atoms with van der Waals surface area (Å²) >= 11 is 0. The standard InChI is InChI=1S/C11H14N2O.C4H4O4/c1-7(12)4-8-6-13-11-3-2-9(14)5-10(8)11;5-3(6)1-2-4(7)8/h2-3,5-7,13-14H,4,12H2,1H3;1-2H,(H,5,6)(H,7,8)/b;2-1-. The molecule has 0 fully saturated rings. The van der Waals surface area contributed by atoms with Gasteiger partial charge < -0.3 is 26.0 Å². The lowest BCUT2D eigenvalue weighted by atomic mass is 10.1. The molecule has 1 unspecified atom stereocenters. The van der Waals surface area contributed by atoms with Gasteiger partial charge in [-0.25, -0.2) is 9.59 Å². The van der Waals surface area contributed by atoms with Crippen molar-refractivity contribution in [2.24, 2.45) is 5.73 Å². The molecule has 6 N–H and O–H groups in total. The van der Waals surface area contributed by atoms with E-state index in [0.29, 0.717) is 17.9 Å². The van der Waals surface area contributed by atoms with Crippen LogP contribution in [0.1, 0.15) is 12.5 Å². The van der Waals surface area contributed by atoms with Gasteiger partial charge in [-0.05, 0) is 37.1 Å². The molecule has 0 radical (unpaired) electrons. The summed E-state index contributed by atoms with van der Waals surface area (Å²) in [5, 5.41) is 26.0. The zero-order valence-electron chi connectivity index (χ0n) is 12.0. The lowest BCUT2D eigenvalue weighted by Crippen LogP contribution is -2.17. The number of carboxylic acid groups (broad SMARTS) is 2. The number of nitrogens with two attached hydrogens (primary N) is 1. The Kier molecular flexibility index (Phi) is 6.15. The Balaban J connectivity index is 0.000000261. The van der Waals surface area contributed by atoms with Crippen molar-refractivity contribution < 1.29 is 24.9 Å². The second kappa shape index (κ2) is 7.84. The number of carbonyl (C=O) groups is 2. The van der Waals surface area contributed by atoms with Crippen molar-refractivity contribution in [1.82, 2.24) is 4.98 Å². The molecular formula is C15H18N2O5. The normalized spacial score (nSPS) is 11.9. The number of fused-ring (bicyclic) bond motifs is 1. The molecule has 0 bridgehead atoms. The highest BCUT2D eigenvalue weighted by molar-refractivity contribution is 5.89. The number of aromatic hydroxyl groups is 1. The first-order chi connectivity index (χ1) is 10.3. The molecule has 0 aliphatic rings. The third-order valence-electron chi connectivity index (χ3n) is 2.66. The minimum absolute atomic E-state index is 0.136. The Labute approximate surface area is 126 Å². The fraction of sp³-hybridized carbons (Fsp3) is 0.200. The van der Waals surface area contributed by atoms with Crippen molar-refractivity contribution in [1.29, 1.82) is 0 Å². The molecule has 0 spiro atoms. The summed E-state index contributed by atoms with van der Waals surface area (Å²) in [5.74, 6) is -2.22. The zero-order chi connectivity index (χ0) is 16.7. The van der Waals surface area contributed by atoms with Gasteiger partial charge in [-0.15, -0.1) is 0 Å². The average molecular weight is 306 g/mol. The molecule has 0 aliphatic carbocycles. The van der Waals surface area contributed by atoms with Crippen LogP contribution in [0.2, 0.25) is 0 Å². The predicted octanol–water partition coefficient (Wildman–Crippen LogP) is 1.47. The Morgan fingerprint density at radius 2 is 1.86 bits per heavy atom. The minimum Gasteiger partial charge on any atom is -0.508 e. The molecule has 0 aliphatic heterocycles. The molecule has 1 aromatic carbocycles. The monoisotopic (exact) mass is 306 g/mol. The number of carboxylic acids is 2. The van der Waals surface area contributed by atoms with Gasteiger partial charge >= 0.3 is 11.9 Å². The number of phenolic OH excluding ortho intramolecular Hbond substituents is 1. The van der Waals surface area contributed by atoms with E-state index in [-0.39, 0.29) is 6.04 Å². The van der Waals surface area contributed by atoms with Crippen LogP contribution in [0.4, 0.5) is 0 Å². The number of H-pyrrole nitrogens is 1. The first-order valence-electron chi connectivity index (χ1n) is 6.48. The number of phenols is 1. The second-order valence-electron chi connectivity index (χ2n) is 4.74. The first-order valence-corrected chi connectivity index (χ1v) is 6.48. The van der Waals surface area contributed by atoms with Crippen LogP contribution in [-0.4, -0.2) is 38.3 Å². The third-order valence-corrected chi connectivity index (χ3v) is 2.66. The van der Waals surface area contributed by atoms with Crippen molar-refractivity contribution in [2.75, 3.05) is 0 Å². The van der Waals surface area contributed by atoms with Crippen LogP contribution < -0.4 is 5.73 Å². The molecule has 0 saturated heterocycles. The number of hydrogen-bond acceptors (Lipinski definition) is 4. The minimum atomic E-state index is -1.26. The van der Waals surface area contributed by atoms with Gasteiger partial charge in [-0.2, -0.15) is 0 Å². The van der Waals surface area contributed by atoms with E-state index in [1.807, 2.05) is 19.2 Å². The van der Waals surface area contributed by atoms with Crippen LogP contribution in [0.25, 0.3) is 10.9 Å². The molecule has 2 aromatic rings. The number of rotatable bonds is 4. The molecule has 0 saturated carbocycles. The summed E-state index contributed by atoms with van der Waals surface area (Å²) in [7, 11) is 0. The molecule has 22 heavy (non-hydrogen) atoms. The highest BCUT2D eigenvalue weighted by Gasteiger charge is 2.05. The summed E-state index contributed by atoms with van der Waals surface area (Å²) in [6, 6.07) is 5.45. The van der Waals surface area contributed by atoms with Crippen molar-refractivity contribution in [2.45, 2.75) is 19.4 Å². The van der Waals surface area contributed by atoms with Crippen LogP contribution in [-0.2, 0) is 16.0 Å². The first kappa shape index (κ1) is 17.3. The summed E-state index contributed by atoms with van der Waals surface area (Å²) in [6.45, 7) is 1.97. The summed E-state index contributed by atoms with van der Waals surface area (Å²) < 4.78 is 0. The Bertz CT molecular complexity index is 672. The molecule has 7 nitrogen and oxygen atoms in total. The highest BCUT2D eigenvalue weighted by Crippen LogP contribution is 2.23. The molecule has 7 heteroatoms. The van der Waals surface area contributed by atoms with Gasteiger partial charge in [0.25, 0.3) is 0 Å². The van der Waals surface area contributed by atoms with E-state index in [1.165, 1.54) is 0 Å². The van der Waals surface area contributed by atoms with Gasteiger partial charge in [0, 0.05) is 35.3 Å². The van der Waals surface area contributed by atoms with E-state index >= 15 is 0 Å². The van der Waals surface area contributed by atoms with Crippen molar-refractivity contribution >= 4 is 22.8 Å². The lowest BCUT2D eigenvalue weighted by molar-refractivity contribution is -0.134. The molecule has 1 heterocycles. The fourth-order valence-electron chi connectivity index (χ4n) is 1.82. The second-order valence-corrected chi connectivity index (χ2v) is 4.74. The maximum Gasteiger partial charge on any atom is 0.328 e. The zero-order valence-corrected chi connectivity index (χ0v) is 12.0. The number of hydrogen-bond donors (Lipinski definition) is 5. The van der Waals surface area contributed by atoms with E-state index in [0.717, 1.165) is 22.9 Å². The number of benzene rings is 1. The average Bonchev–Trinajstić information content (AvgIpc) is 2.79. The summed E-state index contributed by atoms with van der Waals surface area (Å²) in [6.07, 6.45) is 3.89. The van der Waals surface area contributed by atoms with Crippen molar-refractivity contribution in [3.63, 3.8) is 0 Å². The van der Waals surface area contributed by atoms with Gasteiger partial charge in [0.1, 0.15) is 5.75 Å². The number of aromatic amines is 1. The fourth-order valence-corrected chi connectivity index (χ4v) is 1.82. The number of nitrogens with one attached hydrogen (secondary N) is 1. The molecular weight excluding hydrogens is 288 g/mol. The molecule has 1 atom stereocenters. The maximum absolute atomic E-state index is 9.55. The Morgan fingerprint density at radius 1 is 1.27 bits per heavy atom.